The molecule has 4 rings (SSSR count). The Kier molecular flexibility index (Phi) is 5.74. The molecular formula is C24H27N5O. The second kappa shape index (κ2) is 8.61. The van der Waals surface area contributed by atoms with Crippen molar-refractivity contribution in [1.29, 1.82) is 0 Å². The van der Waals surface area contributed by atoms with Gasteiger partial charge in [-0.2, -0.15) is 0 Å². The summed E-state index contributed by atoms with van der Waals surface area (Å²) in [6.45, 7) is 3.12. The van der Waals surface area contributed by atoms with Gasteiger partial charge in [0.2, 0.25) is 11.9 Å². The monoisotopic (exact) mass is 401 g/mol. The standard InChI is InChI=1S/C24H27N5O/c1-17-13-19(17)23(30)29(15-18-9-5-4-6-10-18)16-22-20(21-11-7-8-12-25-21)14-26-24(27-22)28(2)3/h4-12,14,17,19H,13,15-16H2,1-3H3. The van der Waals surface area contributed by atoms with Crippen molar-refractivity contribution in [2.24, 2.45) is 11.8 Å². The van der Waals surface area contributed by atoms with Gasteiger partial charge in [-0.25, -0.2) is 9.97 Å². The van der Waals surface area contributed by atoms with Gasteiger partial charge in [-0.05, 0) is 30.0 Å². The topological polar surface area (TPSA) is 62.2 Å². The van der Waals surface area contributed by atoms with Crippen LogP contribution in [0.15, 0.2) is 60.9 Å². The Labute approximate surface area is 177 Å². The van der Waals surface area contributed by atoms with E-state index in [1.165, 1.54) is 0 Å². The predicted molar refractivity (Wildman–Crippen MR) is 118 cm³/mol. The molecule has 1 saturated carbocycles. The quantitative estimate of drug-likeness (QED) is 0.603. The SMILES string of the molecule is CC1CC1C(=O)N(Cc1ccccc1)Cc1nc(N(C)C)ncc1-c1ccccn1. The van der Waals surface area contributed by atoms with Crippen LogP contribution in [0.4, 0.5) is 5.95 Å². The fraction of sp³-hybridized carbons (Fsp3) is 0.333. The van der Waals surface area contributed by atoms with E-state index in [4.69, 9.17) is 4.98 Å². The van der Waals surface area contributed by atoms with Crippen LogP contribution in [0.25, 0.3) is 11.3 Å². The molecule has 0 bridgehead atoms. The van der Waals surface area contributed by atoms with Gasteiger partial charge in [0.1, 0.15) is 0 Å². The summed E-state index contributed by atoms with van der Waals surface area (Å²) in [7, 11) is 3.83. The molecule has 6 heteroatoms. The second-order valence-corrected chi connectivity index (χ2v) is 8.14. The summed E-state index contributed by atoms with van der Waals surface area (Å²) in [4.78, 5) is 30.8. The van der Waals surface area contributed by atoms with Crippen LogP contribution >= 0.6 is 0 Å². The number of benzene rings is 1. The highest BCUT2D eigenvalue weighted by Crippen LogP contribution is 2.40. The third-order valence-corrected chi connectivity index (χ3v) is 5.49. The van der Waals surface area contributed by atoms with Crippen LogP contribution in [-0.2, 0) is 17.9 Å². The zero-order valence-electron chi connectivity index (χ0n) is 17.7. The molecule has 6 nitrogen and oxygen atoms in total. The van der Waals surface area contributed by atoms with Crippen LogP contribution < -0.4 is 4.90 Å². The van der Waals surface area contributed by atoms with Crippen molar-refractivity contribution in [3.05, 3.63) is 72.2 Å². The first-order chi connectivity index (χ1) is 14.5. The second-order valence-electron chi connectivity index (χ2n) is 8.14. The summed E-state index contributed by atoms with van der Waals surface area (Å²) in [5.74, 6) is 1.39. The average molecular weight is 402 g/mol. The van der Waals surface area contributed by atoms with E-state index in [1.807, 2.05) is 66.5 Å². The van der Waals surface area contributed by atoms with Gasteiger partial charge >= 0.3 is 0 Å². The number of anilines is 1. The molecule has 0 aliphatic heterocycles. The number of nitrogens with zero attached hydrogens (tertiary/aromatic N) is 5. The molecule has 2 atom stereocenters. The van der Waals surface area contributed by atoms with E-state index in [9.17, 15) is 4.79 Å². The fourth-order valence-electron chi connectivity index (χ4n) is 3.58. The molecule has 2 heterocycles. The Morgan fingerprint density at radius 2 is 1.77 bits per heavy atom. The zero-order valence-corrected chi connectivity index (χ0v) is 17.7. The van der Waals surface area contributed by atoms with Crippen molar-refractivity contribution in [2.75, 3.05) is 19.0 Å². The van der Waals surface area contributed by atoms with Gasteiger partial charge in [0, 0.05) is 44.5 Å². The molecule has 0 spiro atoms. The Morgan fingerprint density at radius 3 is 2.40 bits per heavy atom. The summed E-state index contributed by atoms with van der Waals surface area (Å²) in [5, 5.41) is 0. The maximum Gasteiger partial charge on any atom is 0.226 e. The highest BCUT2D eigenvalue weighted by Gasteiger charge is 2.41. The van der Waals surface area contributed by atoms with E-state index in [-0.39, 0.29) is 11.8 Å². The maximum atomic E-state index is 13.2. The summed E-state index contributed by atoms with van der Waals surface area (Å²) in [6, 6.07) is 15.9. The Hall–Kier alpha value is -3.28. The summed E-state index contributed by atoms with van der Waals surface area (Å²) >= 11 is 0. The summed E-state index contributed by atoms with van der Waals surface area (Å²) in [6.07, 6.45) is 4.53. The third-order valence-electron chi connectivity index (χ3n) is 5.49. The molecule has 1 fully saturated rings. The molecule has 1 aromatic carbocycles. The Morgan fingerprint density at radius 1 is 1.03 bits per heavy atom. The van der Waals surface area contributed by atoms with Crippen molar-refractivity contribution in [3.63, 3.8) is 0 Å². The number of hydrogen-bond acceptors (Lipinski definition) is 5. The summed E-state index contributed by atoms with van der Waals surface area (Å²) < 4.78 is 0. The van der Waals surface area contributed by atoms with E-state index in [2.05, 4.69) is 29.0 Å². The molecule has 154 valence electrons. The van der Waals surface area contributed by atoms with E-state index in [0.29, 0.717) is 25.0 Å². The number of amides is 1. The van der Waals surface area contributed by atoms with Gasteiger partial charge in [-0.15, -0.1) is 0 Å². The number of rotatable bonds is 7. The van der Waals surface area contributed by atoms with E-state index < -0.39 is 0 Å². The first-order valence-corrected chi connectivity index (χ1v) is 10.3. The normalized spacial score (nSPS) is 17.4. The molecule has 1 amide bonds. The molecule has 0 saturated heterocycles. The number of pyridine rings is 1. The molecule has 3 aromatic rings. The maximum absolute atomic E-state index is 13.2. The lowest BCUT2D eigenvalue weighted by atomic mass is 10.1. The molecule has 1 aliphatic rings. The minimum Gasteiger partial charge on any atom is -0.347 e. The lowest BCUT2D eigenvalue weighted by Gasteiger charge is -2.24. The fourth-order valence-corrected chi connectivity index (χ4v) is 3.58. The minimum absolute atomic E-state index is 0.113. The minimum atomic E-state index is 0.113. The molecule has 1 aliphatic carbocycles. The smallest absolute Gasteiger partial charge is 0.226 e. The molecule has 2 aromatic heterocycles. The lowest BCUT2D eigenvalue weighted by Crippen LogP contribution is -2.32. The molecule has 30 heavy (non-hydrogen) atoms. The first-order valence-electron chi connectivity index (χ1n) is 10.3. The highest BCUT2D eigenvalue weighted by molar-refractivity contribution is 5.81. The van der Waals surface area contributed by atoms with Crippen molar-refractivity contribution < 1.29 is 4.79 Å². The van der Waals surface area contributed by atoms with Gasteiger partial charge in [0.15, 0.2) is 0 Å². The van der Waals surface area contributed by atoms with Crippen molar-refractivity contribution in [3.8, 4) is 11.3 Å². The molecule has 0 N–H and O–H groups in total. The van der Waals surface area contributed by atoms with Crippen molar-refractivity contribution in [2.45, 2.75) is 26.4 Å². The van der Waals surface area contributed by atoms with E-state index in [1.54, 1.807) is 6.20 Å². The van der Waals surface area contributed by atoms with E-state index >= 15 is 0 Å². The largest absolute Gasteiger partial charge is 0.347 e. The molecule has 2 unspecified atom stereocenters. The zero-order chi connectivity index (χ0) is 21.1. The van der Waals surface area contributed by atoms with Gasteiger partial charge < -0.3 is 9.80 Å². The first kappa shape index (κ1) is 20.0. The molecule has 0 radical (unpaired) electrons. The number of carbonyl (C=O) groups is 1. The van der Waals surface area contributed by atoms with Crippen LogP contribution in [0.2, 0.25) is 0 Å². The van der Waals surface area contributed by atoms with Crippen molar-refractivity contribution >= 4 is 11.9 Å². The van der Waals surface area contributed by atoms with Crippen LogP contribution in [0, 0.1) is 11.8 Å². The van der Waals surface area contributed by atoms with E-state index in [0.717, 1.165) is 28.9 Å². The van der Waals surface area contributed by atoms with Crippen LogP contribution in [0.5, 0.6) is 0 Å². The Balaban J connectivity index is 1.70. The van der Waals surface area contributed by atoms with Gasteiger partial charge in [0.25, 0.3) is 0 Å². The average Bonchev–Trinajstić information content (AvgIpc) is 3.50. The van der Waals surface area contributed by atoms with Gasteiger partial charge in [0.05, 0.1) is 17.9 Å². The Bertz CT molecular complexity index is 1010. The van der Waals surface area contributed by atoms with Gasteiger partial charge in [-0.3, -0.25) is 9.78 Å². The number of aromatic nitrogens is 3. The molecular weight excluding hydrogens is 374 g/mol. The highest BCUT2D eigenvalue weighted by atomic mass is 16.2. The van der Waals surface area contributed by atoms with Crippen molar-refractivity contribution in [1.82, 2.24) is 19.9 Å². The van der Waals surface area contributed by atoms with Gasteiger partial charge in [-0.1, -0.05) is 43.3 Å². The predicted octanol–water partition coefficient (Wildman–Crippen LogP) is 3.79. The number of carbonyl (C=O) groups excluding carboxylic acids is 1. The van der Waals surface area contributed by atoms with Crippen LogP contribution in [0.3, 0.4) is 0 Å². The van der Waals surface area contributed by atoms with Crippen LogP contribution in [0.1, 0.15) is 24.6 Å². The van der Waals surface area contributed by atoms with Crippen LogP contribution in [-0.4, -0.2) is 39.9 Å². The third kappa shape index (κ3) is 4.48. The lowest BCUT2D eigenvalue weighted by molar-refractivity contribution is -0.134. The summed E-state index contributed by atoms with van der Waals surface area (Å²) in [5.41, 5.74) is 3.59. The number of hydrogen-bond donors (Lipinski definition) is 0.